The molecule has 4 aromatic rings. The number of hydrogen-bond donors (Lipinski definition) is 1. The van der Waals surface area contributed by atoms with E-state index in [-0.39, 0.29) is 29.9 Å². The van der Waals surface area contributed by atoms with Gasteiger partial charge in [0.2, 0.25) is 6.10 Å². The molecule has 10 heteroatoms. The fourth-order valence-electron chi connectivity index (χ4n) is 4.63. The molecular formula is C34H29BrO9. The molecule has 0 bridgehead atoms. The first-order valence-electron chi connectivity index (χ1n) is 13.8. The average Bonchev–Trinajstić information content (AvgIpc) is 3.05. The molecule has 226 valence electrons. The summed E-state index contributed by atoms with van der Waals surface area (Å²) >= 11 is 3.13. The highest BCUT2D eigenvalue weighted by molar-refractivity contribution is 9.10. The predicted molar refractivity (Wildman–Crippen MR) is 162 cm³/mol. The Balaban J connectivity index is 1.49. The van der Waals surface area contributed by atoms with Crippen molar-refractivity contribution >= 4 is 33.8 Å². The Morgan fingerprint density at radius 2 is 1.05 bits per heavy atom. The van der Waals surface area contributed by atoms with Gasteiger partial charge in [-0.1, -0.05) is 84.9 Å². The summed E-state index contributed by atoms with van der Waals surface area (Å²) in [7, 11) is 0. The molecule has 0 radical (unpaired) electrons. The SMILES string of the molecule is O=C(O[C@@H]1[C@H](OC(=O)c2ccccc2)[C@@H](OC(=O)c2ccccc2)[C@@](O)(Br)O[C@@H]1COCc1ccccc1)c1ccccc1. The average molecular weight is 662 g/mol. The lowest BCUT2D eigenvalue weighted by atomic mass is 9.97. The van der Waals surface area contributed by atoms with Crippen molar-refractivity contribution in [2.24, 2.45) is 0 Å². The molecule has 1 aliphatic heterocycles. The molecule has 1 N–H and O–H groups in total. The standard InChI is InChI=1S/C34H29BrO9/c35-34(39)30(43-33(38)26-19-11-4-12-20-26)29(42-32(37)25-17-9-3-10-18-25)28(41-31(36)24-15-7-2-8-16-24)27(44-34)22-40-21-23-13-5-1-6-14-23/h1-20,27-30,39H,21-22H2/t27-,28+,29+,30-,34+/m1/s1. The van der Waals surface area contributed by atoms with Crippen LogP contribution in [0.3, 0.4) is 0 Å². The van der Waals surface area contributed by atoms with Crippen LogP contribution in [0.1, 0.15) is 36.6 Å². The van der Waals surface area contributed by atoms with Crippen molar-refractivity contribution in [1.29, 1.82) is 0 Å². The van der Waals surface area contributed by atoms with Crippen molar-refractivity contribution in [3.63, 3.8) is 0 Å². The molecule has 1 fully saturated rings. The maximum Gasteiger partial charge on any atom is 0.338 e. The van der Waals surface area contributed by atoms with Crippen LogP contribution in [0.2, 0.25) is 0 Å². The Hall–Kier alpha value is -4.35. The summed E-state index contributed by atoms with van der Waals surface area (Å²) in [6.45, 7) is -0.00403. The Labute approximate surface area is 262 Å². The second kappa shape index (κ2) is 14.4. The van der Waals surface area contributed by atoms with Crippen LogP contribution >= 0.6 is 15.9 Å². The van der Waals surface area contributed by atoms with E-state index in [0.29, 0.717) is 0 Å². The summed E-state index contributed by atoms with van der Waals surface area (Å²) in [5.41, 5.74) is 1.46. The zero-order valence-corrected chi connectivity index (χ0v) is 24.9. The number of aliphatic hydroxyl groups is 1. The molecule has 0 unspecified atom stereocenters. The predicted octanol–water partition coefficient (Wildman–Crippen LogP) is 5.32. The van der Waals surface area contributed by atoms with Crippen LogP contribution in [-0.2, 0) is 30.3 Å². The number of alkyl halides is 1. The minimum atomic E-state index is -2.37. The van der Waals surface area contributed by atoms with Crippen LogP contribution in [0, 0.1) is 0 Å². The highest BCUT2D eigenvalue weighted by atomic mass is 79.9. The molecule has 0 saturated carbocycles. The zero-order chi connectivity index (χ0) is 30.9. The van der Waals surface area contributed by atoms with E-state index in [1.807, 2.05) is 30.3 Å². The lowest BCUT2D eigenvalue weighted by Gasteiger charge is -2.46. The third-order valence-corrected chi connectivity index (χ3v) is 7.44. The van der Waals surface area contributed by atoms with Gasteiger partial charge in [0, 0.05) is 0 Å². The zero-order valence-electron chi connectivity index (χ0n) is 23.4. The van der Waals surface area contributed by atoms with E-state index in [2.05, 4.69) is 15.9 Å². The third-order valence-electron chi connectivity index (χ3n) is 6.80. The molecule has 9 nitrogen and oxygen atoms in total. The second-order valence-electron chi connectivity index (χ2n) is 9.93. The molecular weight excluding hydrogens is 632 g/mol. The highest BCUT2D eigenvalue weighted by Crippen LogP contribution is 2.39. The van der Waals surface area contributed by atoms with Crippen LogP contribution in [-0.4, -0.2) is 58.7 Å². The molecule has 0 aliphatic carbocycles. The number of rotatable bonds is 10. The molecule has 4 aromatic carbocycles. The van der Waals surface area contributed by atoms with Crippen molar-refractivity contribution in [2.45, 2.75) is 35.7 Å². The summed E-state index contributed by atoms with van der Waals surface area (Å²) in [6.07, 6.45) is -5.76. The summed E-state index contributed by atoms with van der Waals surface area (Å²) in [5.74, 6) is -2.38. The van der Waals surface area contributed by atoms with E-state index >= 15 is 0 Å². The molecule has 1 heterocycles. The van der Waals surface area contributed by atoms with Crippen LogP contribution in [0.5, 0.6) is 0 Å². The molecule has 0 amide bonds. The topological polar surface area (TPSA) is 118 Å². The summed E-state index contributed by atoms with van der Waals surface area (Å²) < 4.78 is 27.0. The first kappa shape index (κ1) is 31.1. The quantitative estimate of drug-likeness (QED) is 0.137. The smallest absolute Gasteiger partial charge is 0.338 e. The normalized spacial score (nSPS) is 22.9. The summed E-state index contributed by atoms with van der Waals surface area (Å²) in [5, 5.41) is 11.5. The van der Waals surface area contributed by atoms with Crippen LogP contribution in [0.4, 0.5) is 0 Å². The van der Waals surface area contributed by atoms with Crippen LogP contribution in [0.15, 0.2) is 121 Å². The second-order valence-corrected chi connectivity index (χ2v) is 11.1. The van der Waals surface area contributed by atoms with Crippen molar-refractivity contribution in [3.05, 3.63) is 144 Å². The van der Waals surface area contributed by atoms with Crippen molar-refractivity contribution in [3.8, 4) is 0 Å². The van der Waals surface area contributed by atoms with Crippen LogP contribution < -0.4 is 0 Å². The van der Waals surface area contributed by atoms with Crippen molar-refractivity contribution < 1.29 is 43.2 Å². The Bertz CT molecular complexity index is 1530. The van der Waals surface area contributed by atoms with Gasteiger partial charge in [0.05, 0.1) is 29.9 Å². The Kier molecular flexibility index (Phi) is 10.2. The van der Waals surface area contributed by atoms with Gasteiger partial charge in [-0.15, -0.1) is 0 Å². The maximum absolute atomic E-state index is 13.4. The molecule has 44 heavy (non-hydrogen) atoms. The first-order valence-corrected chi connectivity index (χ1v) is 14.6. The Morgan fingerprint density at radius 3 is 1.52 bits per heavy atom. The monoisotopic (exact) mass is 660 g/mol. The maximum atomic E-state index is 13.4. The van der Waals surface area contributed by atoms with Crippen molar-refractivity contribution in [2.75, 3.05) is 6.61 Å². The van der Waals surface area contributed by atoms with E-state index in [0.717, 1.165) is 5.56 Å². The summed E-state index contributed by atoms with van der Waals surface area (Å²) in [4.78, 5) is 39.9. The minimum absolute atomic E-state index is 0.176. The highest BCUT2D eigenvalue weighted by Gasteiger charge is 2.59. The van der Waals surface area contributed by atoms with Gasteiger partial charge in [-0.25, -0.2) is 14.4 Å². The largest absolute Gasteiger partial charge is 0.452 e. The van der Waals surface area contributed by atoms with Gasteiger partial charge in [0.1, 0.15) is 6.10 Å². The molecule has 1 aliphatic rings. The summed E-state index contributed by atoms with van der Waals surface area (Å²) in [6, 6.07) is 33.7. The third kappa shape index (κ3) is 7.78. The van der Waals surface area contributed by atoms with Crippen molar-refractivity contribution in [1.82, 2.24) is 0 Å². The molecule has 0 spiro atoms. The fourth-order valence-corrected chi connectivity index (χ4v) is 5.22. The minimum Gasteiger partial charge on any atom is -0.452 e. The lowest BCUT2D eigenvalue weighted by molar-refractivity contribution is -0.301. The lowest BCUT2D eigenvalue weighted by Crippen LogP contribution is -2.66. The van der Waals surface area contributed by atoms with Crippen LogP contribution in [0.25, 0.3) is 0 Å². The fraction of sp³-hybridized carbons (Fsp3) is 0.206. The number of esters is 3. The first-order chi connectivity index (χ1) is 21.3. The number of benzene rings is 4. The van der Waals surface area contributed by atoms with Gasteiger partial charge in [0.15, 0.2) is 12.2 Å². The Morgan fingerprint density at radius 1 is 0.636 bits per heavy atom. The number of halogens is 1. The van der Waals surface area contributed by atoms with E-state index < -0.39 is 47.0 Å². The number of ether oxygens (including phenoxy) is 5. The van der Waals surface area contributed by atoms with Gasteiger partial charge < -0.3 is 28.8 Å². The van der Waals surface area contributed by atoms with Gasteiger partial charge in [0.25, 0.3) is 4.70 Å². The number of hydrogen-bond acceptors (Lipinski definition) is 9. The molecule has 5 atom stereocenters. The van der Waals surface area contributed by atoms with E-state index in [1.165, 1.54) is 12.1 Å². The van der Waals surface area contributed by atoms with E-state index in [4.69, 9.17) is 23.7 Å². The van der Waals surface area contributed by atoms with Gasteiger partial charge in [-0.3, -0.25) is 0 Å². The molecule has 5 rings (SSSR count). The van der Waals surface area contributed by atoms with E-state index in [1.54, 1.807) is 78.9 Å². The van der Waals surface area contributed by atoms with E-state index in [9.17, 15) is 19.5 Å². The van der Waals surface area contributed by atoms with Gasteiger partial charge in [-0.2, -0.15) is 0 Å². The molecule has 1 saturated heterocycles. The molecule has 0 aromatic heterocycles. The number of carbonyl (C=O) groups is 3. The van der Waals surface area contributed by atoms with Gasteiger partial charge in [-0.05, 0) is 57.9 Å². The van der Waals surface area contributed by atoms with Gasteiger partial charge >= 0.3 is 17.9 Å². The number of carbonyl (C=O) groups excluding carboxylic acids is 3.